The zero-order valence-electron chi connectivity index (χ0n) is 14.8. The Hall–Kier alpha value is -2.97. The highest BCUT2D eigenvalue weighted by molar-refractivity contribution is 5.98. The van der Waals surface area contributed by atoms with Crippen molar-refractivity contribution in [3.63, 3.8) is 0 Å². The molecule has 2 rings (SSSR count). The fourth-order valence-corrected chi connectivity index (χ4v) is 2.36. The van der Waals surface area contributed by atoms with Crippen LogP contribution in [-0.2, 0) is 11.3 Å². The van der Waals surface area contributed by atoms with Crippen LogP contribution in [0.2, 0.25) is 0 Å². The number of nitrogens with zero attached hydrogens (tertiary/aromatic N) is 2. The first-order valence-corrected chi connectivity index (χ1v) is 7.73. The lowest BCUT2D eigenvalue weighted by Crippen LogP contribution is -2.34. The van der Waals surface area contributed by atoms with Gasteiger partial charge in [-0.3, -0.25) is 4.79 Å². The normalized spacial score (nSPS) is 11.4. The van der Waals surface area contributed by atoms with Gasteiger partial charge in [0.25, 0.3) is 0 Å². The number of rotatable bonds is 5. The number of primary amides is 1. The lowest BCUT2D eigenvalue weighted by molar-refractivity contribution is 0.0526. The van der Waals surface area contributed by atoms with Crippen molar-refractivity contribution in [2.45, 2.75) is 32.9 Å². The number of carbonyl (C=O) groups excluding carboxylic acids is 2. The third-order valence-corrected chi connectivity index (χ3v) is 3.34. The van der Waals surface area contributed by atoms with E-state index < -0.39 is 17.6 Å². The van der Waals surface area contributed by atoms with Crippen LogP contribution in [0.5, 0.6) is 5.75 Å². The Morgan fingerprint density at radius 3 is 2.56 bits per heavy atom. The van der Waals surface area contributed by atoms with Gasteiger partial charge in [0.2, 0.25) is 11.9 Å². The molecule has 0 unspecified atom stereocenters. The van der Waals surface area contributed by atoms with Crippen LogP contribution in [0.1, 0.15) is 31.1 Å². The Labute approximate surface area is 145 Å². The van der Waals surface area contributed by atoms with Crippen LogP contribution >= 0.6 is 0 Å². The number of ether oxygens (including phenoxy) is 2. The summed E-state index contributed by atoms with van der Waals surface area (Å²) < 4.78 is 12.2. The van der Waals surface area contributed by atoms with E-state index >= 15 is 0 Å². The molecule has 2 aromatic rings. The van der Waals surface area contributed by atoms with Crippen molar-refractivity contribution >= 4 is 29.0 Å². The Morgan fingerprint density at radius 2 is 2.00 bits per heavy atom. The van der Waals surface area contributed by atoms with Crippen LogP contribution in [-0.4, -0.2) is 40.8 Å². The average molecular weight is 349 g/mol. The number of hydrogen-bond acceptors (Lipinski definition) is 6. The van der Waals surface area contributed by atoms with E-state index in [4.69, 9.17) is 20.9 Å². The van der Waals surface area contributed by atoms with Gasteiger partial charge in [-0.05, 0) is 32.9 Å². The molecule has 0 saturated carbocycles. The molecular weight excluding hydrogens is 326 g/mol. The van der Waals surface area contributed by atoms with Crippen molar-refractivity contribution in [1.29, 1.82) is 0 Å². The summed E-state index contributed by atoms with van der Waals surface area (Å²) in [6.07, 6.45) is -0.515. The summed E-state index contributed by atoms with van der Waals surface area (Å²) in [4.78, 5) is 27.3. The fourth-order valence-electron chi connectivity index (χ4n) is 2.36. The van der Waals surface area contributed by atoms with Crippen molar-refractivity contribution in [3.8, 4) is 5.75 Å². The van der Waals surface area contributed by atoms with Crippen molar-refractivity contribution in [3.05, 3.63) is 17.7 Å². The summed E-state index contributed by atoms with van der Waals surface area (Å²) >= 11 is 0. The van der Waals surface area contributed by atoms with Crippen LogP contribution < -0.4 is 21.5 Å². The molecule has 0 bridgehead atoms. The molecule has 0 saturated heterocycles. The van der Waals surface area contributed by atoms with Gasteiger partial charge >= 0.3 is 6.09 Å². The second-order valence-electron chi connectivity index (χ2n) is 6.46. The number of amides is 2. The van der Waals surface area contributed by atoms with E-state index in [9.17, 15) is 9.59 Å². The number of anilines is 1. The van der Waals surface area contributed by atoms with Crippen molar-refractivity contribution in [2.24, 2.45) is 5.73 Å². The topological polar surface area (TPSA) is 134 Å². The first-order valence-electron chi connectivity index (χ1n) is 7.73. The van der Waals surface area contributed by atoms with Gasteiger partial charge in [0.1, 0.15) is 16.9 Å². The average Bonchev–Trinajstić information content (AvgIpc) is 2.80. The first-order chi connectivity index (χ1) is 11.6. The van der Waals surface area contributed by atoms with Crippen LogP contribution in [0.15, 0.2) is 12.1 Å². The number of aromatic nitrogens is 2. The van der Waals surface area contributed by atoms with Gasteiger partial charge in [-0.15, -0.1) is 0 Å². The minimum Gasteiger partial charge on any atom is -0.494 e. The van der Waals surface area contributed by atoms with E-state index in [0.29, 0.717) is 23.3 Å². The summed E-state index contributed by atoms with van der Waals surface area (Å²) in [5.74, 6) is 0.0774. The van der Waals surface area contributed by atoms with Gasteiger partial charge < -0.3 is 30.8 Å². The number of imidazole rings is 1. The maximum absolute atomic E-state index is 11.7. The largest absolute Gasteiger partial charge is 0.494 e. The Balaban J connectivity index is 2.22. The van der Waals surface area contributed by atoms with E-state index in [1.54, 1.807) is 31.4 Å². The van der Waals surface area contributed by atoms with E-state index in [2.05, 4.69) is 10.3 Å². The van der Waals surface area contributed by atoms with Crippen molar-refractivity contribution in [2.75, 3.05) is 19.4 Å². The molecule has 0 aliphatic carbocycles. The predicted octanol–water partition coefficient (Wildman–Crippen LogP) is 1.25. The SMILES string of the molecule is COc1cc(C(N)=O)cc2nc(N)n(CCNC(=O)OC(C)(C)C)c12. The van der Waals surface area contributed by atoms with Crippen molar-refractivity contribution in [1.82, 2.24) is 14.9 Å². The predicted molar refractivity (Wildman–Crippen MR) is 93.5 cm³/mol. The van der Waals surface area contributed by atoms with Gasteiger partial charge in [0.05, 0.1) is 12.6 Å². The van der Waals surface area contributed by atoms with Gasteiger partial charge in [0, 0.05) is 18.7 Å². The zero-order valence-corrected chi connectivity index (χ0v) is 14.8. The maximum atomic E-state index is 11.7. The van der Waals surface area contributed by atoms with Gasteiger partial charge in [-0.1, -0.05) is 0 Å². The van der Waals surface area contributed by atoms with E-state index in [0.717, 1.165) is 0 Å². The maximum Gasteiger partial charge on any atom is 0.407 e. The molecular formula is C16H23N5O4. The zero-order chi connectivity index (χ0) is 18.8. The molecule has 2 amide bonds. The number of hydrogen-bond donors (Lipinski definition) is 3. The van der Waals surface area contributed by atoms with Gasteiger partial charge in [-0.2, -0.15) is 0 Å². The molecule has 0 aliphatic heterocycles. The molecule has 0 fully saturated rings. The number of benzene rings is 1. The summed E-state index contributed by atoms with van der Waals surface area (Å²) in [6, 6.07) is 3.08. The van der Waals surface area contributed by atoms with E-state index in [1.807, 2.05) is 0 Å². The van der Waals surface area contributed by atoms with Gasteiger partial charge in [-0.25, -0.2) is 9.78 Å². The van der Waals surface area contributed by atoms with Crippen LogP contribution in [0.25, 0.3) is 11.0 Å². The molecule has 1 heterocycles. The lowest BCUT2D eigenvalue weighted by atomic mass is 10.1. The standard InChI is InChI=1S/C16H23N5O4/c1-16(2,3)25-15(23)19-5-6-21-12-10(20-14(21)18)7-9(13(17)22)8-11(12)24-4/h7-8H,5-6H2,1-4H3,(H2,17,22)(H2,18,20)(H,19,23). The van der Waals surface area contributed by atoms with E-state index in [1.165, 1.54) is 13.2 Å². The summed E-state index contributed by atoms with van der Waals surface area (Å²) in [5, 5.41) is 2.66. The molecule has 0 aliphatic rings. The monoisotopic (exact) mass is 349 g/mol. The minimum atomic E-state index is -0.583. The van der Waals surface area contributed by atoms with E-state index in [-0.39, 0.29) is 18.1 Å². The number of fused-ring (bicyclic) bond motifs is 1. The molecule has 1 aromatic carbocycles. The number of nitrogen functional groups attached to an aromatic ring is 1. The number of carbonyl (C=O) groups is 2. The number of nitrogens with one attached hydrogen (secondary N) is 1. The van der Waals surface area contributed by atoms with Crippen molar-refractivity contribution < 1.29 is 19.1 Å². The molecule has 25 heavy (non-hydrogen) atoms. The molecule has 0 radical (unpaired) electrons. The Bertz CT molecular complexity index is 807. The molecule has 9 heteroatoms. The van der Waals surface area contributed by atoms with Crippen LogP contribution in [0, 0.1) is 0 Å². The molecule has 5 N–H and O–H groups in total. The second-order valence-corrected chi connectivity index (χ2v) is 6.46. The molecule has 1 aromatic heterocycles. The highest BCUT2D eigenvalue weighted by atomic mass is 16.6. The van der Waals surface area contributed by atoms with Crippen LogP contribution in [0.3, 0.4) is 0 Å². The number of alkyl carbamates (subject to hydrolysis) is 1. The summed E-state index contributed by atoms with van der Waals surface area (Å²) in [5.41, 5.74) is 12.1. The molecule has 0 spiro atoms. The third kappa shape index (κ3) is 4.31. The molecule has 9 nitrogen and oxygen atoms in total. The quantitative estimate of drug-likeness (QED) is 0.743. The number of nitrogens with two attached hydrogens (primary N) is 2. The highest BCUT2D eigenvalue weighted by Gasteiger charge is 2.18. The first kappa shape index (κ1) is 18.4. The Kier molecular flexibility index (Phi) is 5.05. The second kappa shape index (κ2) is 6.88. The summed E-state index contributed by atoms with van der Waals surface area (Å²) in [7, 11) is 1.48. The Morgan fingerprint density at radius 1 is 1.32 bits per heavy atom. The van der Waals surface area contributed by atoms with Gasteiger partial charge in [0.15, 0.2) is 0 Å². The smallest absolute Gasteiger partial charge is 0.407 e. The number of methoxy groups -OCH3 is 1. The molecule has 136 valence electrons. The fraction of sp³-hybridized carbons (Fsp3) is 0.438. The highest BCUT2D eigenvalue weighted by Crippen LogP contribution is 2.29. The minimum absolute atomic E-state index is 0.237. The lowest BCUT2D eigenvalue weighted by Gasteiger charge is -2.19. The third-order valence-electron chi connectivity index (χ3n) is 3.34. The summed E-state index contributed by atoms with van der Waals surface area (Å²) in [6.45, 7) is 6.00. The van der Waals surface area contributed by atoms with Crippen LogP contribution in [0.4, 0.5) is 10.7 Å². The molecule has 0 atom stereocenters.